The van der Waals surface area contributed by atoms with Crippen molar-refractivity contribution in [3.05, 3.63) is 47.5 Å². The number of alkyl halides is 3. The largest absolute Gasteiger partial charge is 0.416 e. The Balaban J connectivity index is 1.39. The smallest absolute Gasteiger partial charge is 0.338 e. The molecule has 0 aromatic heterocycles. The van der Waals surface area contributed by atoms with Crippen LogP contribution in [0, 0.1) is 17.8 Å². The van der Waals surface area contributed by atoms with E-state index in [0.717, 1.165) is 17.7 Å². The molecule has 35 heavy (non-hydrogen) atoms. The molecule has 0 bridgehead atoms. The van der Waals surface area contributed by atoms with Crippen LogP contribution in [-0.2, 0) is 27.1 Å². The van der Waals surface area contributed by atoms with Crippen molar-refractivity contribution in [2.24, 2.45) is 17.8 Å². The first-order valence-corrected chi connectivity index (χ1v) is 12.3. The highest BCUT2D eigenvalue weighted by molar-refractivity contribution is 6.08. The number of rotatable bonds is 6. The molecule has 2 aliphatic heterocycles. The van der Waals surface area contributed by atoms with E-state index in [1.165, 1.54) is 17.0 Å². The van der Waals surface area contributed by atoms with E-state index in [4.69, 9.17) is 0 Å². The summed E-state index contributed by atoms with van der Waals surface area (Å²) in [6, 6.07) is 4.35. The van der Waals surface area contributed by atoms with Gasteiger partial charge in [0.1, 0.15) is 6.04 Å². The molecule has 2 fully saturated rings. The van der Waals surface area contributed by atoms with E-state index in [9.17, 15) is 27.6 Å². The molecule has 6 nitrogen and oxygen atoms in total. The van der Waals surface area contributed by atoms with Gasteiger partial charge in [0.05, 0.1) is 17.4 Å². The van der Waals surface area contributed by atoms with Gasteiger partial charge in [-0.25, -0.2) is 0 Å². The van der Waals surface area contributed by atoms with Gasteiger partial charge in [-0.05, 0) is 42.9 Å². The Bertz CT molecular complexity index is 956. The molecule has 0 saturated carbocycles. The van der Waals surface area contributed by atoms with Crippen molar-refractivity contribution in [3.63, 3.8) is 0 Å². The highest BCUT2D eigenvalue weighted by Gasteiger charge is 2.51. The van der Waals surface area contributed by atoms with Crippen molar-refractivity contribution in [2.75, 3.05) is 26.2 Å². The average Bonchev–Trinajstić information content (AvgIpc) is 3.07. The van der Waals surface area contributed by atoms with E-state index in [-0.39, 0.29) is 35.5 Å². The first kappa shape index (κ1) is 25.4. The minimum Gasteiger partial charge on any atom is -0.338 e. The summed E-state index contributed by atoms with van der Waals surface area (Å²) in [4.78, 5) is 44.9. The molecule has 1 aromatic rings. The lowest BCUT2D eigenvalue weighted by atomic mass is 9.85. The number of allylic oxidation sites excluding steroid dienone is 2. The lowest BCUT2D eigenvalue weighted by Gasteiger charge is -2.38. The van der Waals surface area contributed by atoms with Crippen LogP contribution in [0.5, 0.6) is 0 Å². The van der Waals surface area contributed by atoms with Crippen LogP contribution in [0.2, 0.25) is 0 Å². The maximum atomic E-state index is 13.6. The van der Waals surface area contributed by atoms with Crippen molar-refractivity contribution >= 4 is 17.7 Å². The Kier molecular flexibility index (Phi) is 7.35. The normalized spacial score (nSPS) is 24.3. The Labute approximate surface area is 203 Å². The van der Waals surface area contributed by atoms with Crippen molar-refractivity contribution in [2.45, 2.75) is 51.9 Å². The van der Waals surface area contributed by atoms with E-state index in [2.05, 4.69) is 4.90 Å². The number of carbonyl (C=O) groups excluding carboxylic acids is 3. The van der Waals surface area contributed by atoms with Crippen LogP contribution in [-0.4, -0.2) is 64.6 Å². The summed E-state index contributed by atoms with van der Waals surface area (Å²) in [5.41, 5.74) is 0.106. The molecule has 1 aromatic carbocycles. The van der Waals surface area contributed by atoms with Crippen molar-refractivity contribution in [1.29, 1.82) is 0 Å². The topological polar surface area (TPSA) is 60.9 Å². The van der Waals surface area contributed by atoms with Crippen molar-refractivity contribution in [1.82, 2.24) is 14.7 Å². The lowest BCUT2D eigenvalue weighted by Crippen LogP contribution is -2.56. The molecule has 2 saturated heterocycles. The molecule has 0 N–H and O–H groups in total. The highest BCUT2D eigenvalue weighted by atomic mass is 19.4. The standard InChI is InChI=1S/C26H32F3N3O3/c1-17(2)15-22(32-23(33)20-5-3-4-6-21(20)24(32)34)25(35)31-13-11-30(12-14-31)16-18-7-9-19(10-8-18)26(27,28)29/h3-4,7-10,17,20-22H,5-6,11-16H2,1-2H3. The number of nitrogens with zero attached hydrogens (tertiary/aromatic N) is 3. The predicted molar refractivity (Wildman–Crippen MR) is 124 cm³/mol. The number of imide groups is 1. The Morgan fingerprint density at radius 3 is 1.97 bits per heavy atom. The van der Waals surface area contributed by atoms with E-state index >= 15 is 0 Å². The van der Waals surface area contributed by atoms with Crippen LogP contribution < -0.4 is 0 Å². The molecule has 9 heteroatoms. The molecule has 1 aliphatic carbocycles. The molecule has 3 atom stereocenters. The van der Waals surface area contributed by atoms with Gasteiger partial charge in [-0.3, -0.25) is 24.2 Å². The van der Waals surface area contributed by atoms with Gasteiger partial charge in [0.25, 0.3) is 0 Å². The summed E-state index contributed by atoms with van der Waals surface area (Å²) in [5, 5.41) is 0. The molecule has 3 aliphatic rings. The minimum absolute atomic E-state index is 0.131. The van der Waals surface area contributed by atoms with Crippen LogP contribution in [0.25, 0.3) is 0 Å². The summed E-state index contributed by atoms with van der Waals surface area (Å²) in [5.74, 6) is -1.26. The third-order valence-electron chi connectivity index (χ3n) is 7.20. The first-order valence-electron chi connectivity index (χ1n) is 12.3. The van der Waals surface area contributed by atoms with Crippen LogP contribution in [0.4, 0.5) is 13.2 Å². The number of carbonyl (C=O) groups is 3. The van der Waals surface area contributed by atoms with E-state index in [0.29, 0.717) is 52.0 Å². The Hall–Kier alpha value is -2.68. The molecule has 4 rings (SSSR count). The number of hydrogen-bond donors (Lipinski definition) is 0. The SMILES string of the molecule is CC(C)CC(C(=O)N1CCN(Cc2ccc(C(F)(F)F)cc2)CC1)N1C(=O)C2CC=CCC2C1=O. The van der Waals surface area contributed by atoms with Crippen LogP contribution in [0.3, 0.4) is 0 Å². The van der Waals surface area contributed by atoms with E-state index in [1.54, 1.807) is 4.90 Å². The van der Waals surface area contributed by atoms with E-state index < -0.39 is 17.8 Å². The minimum atomic E-state index is -4.36. The van der Waals surface area contributed by atoms with Gasteiger partial charge in [-0.15, -0.1) is 0 Å². The zero-order valence-corrected chi connectivity index (χ0v) is 20.1. The van der Waals surface area contributed by atoms with E-state index in [1.807, 2.05) is 26.0 Å². The number of benzene rings is 1. The highest BCUT2D eigenvalue weighted by Crippen LogP contribution is 2.37. The summed E-state index contributed by atoms with van der Waals surface area (Å²) in [6.07, 6.45) is 1.02. The zero-order valence-electron chi connectivity index (χ0n) is 20.1. The van der Waals surface area contributed by atoms with Crippen LogP contribution in [0.1, 0.15) is 44.2 Å². The fraction of sp³-hybridized carbons (Fsp3) is 0.577. The second kappa shape index (κ2) is 10.1. The number of halogens is 3. The Morgan fingerprint density at radius 2 is 1.49 bits per heavy atom. The van der Waals surface area contributed by atoms with Crippen LogP contribution >= 0.6 is 0 Å². The van der Waals surface area contributed by atoms with Crippen molar-refractivity contribution < 1.29 is 27.6 Å². The molecule has 0 radical (unpaired) electrons. The summed E-state index contributed by atoms with van der Waals surface area (Å²) in [7, 11) is 0. The van der Waals surface area contributed by atoms with Gasteiger partial charge in [0.15, 0.2) is 0 Å². The second-order valence-corrected chi connectivity index (χ2v) is 10.1. The van der Waals surface area contributed by atoms with Gasteiger partial charge in [-0.2, -0.15) is 13.2 Å². The molecule has 2 heterocycles. The van der Waals surface area contributed by atoms with Crippen LogP contribution in [0.15, 0.2) is 36.4 Å². The predicted octanol–water partition coefficient (Wildman–Crippen LogP) is 3.72. The number of piperazine rings is 1. The van der Waals surface area contributed by atoms with Gasteiger partial charge < -0.3 is 4.90 Å². The number of fused-ring (bicyclic) bond motifs is 1. The first-order chi connectivity index (χ1) is 16.6. The monoisotopic (exact) mass is 491 g/mol. The maximum Gasteiger partial charge on any atom is 0.416 e. The fourth-order valence-electron chi connectivity index (χ4n) is 5.29. The fourth-order valence-corrected chi connectivity index (χ4v) is 5.29. The maximum absolute atomic E-state index is 13.6. The van der Waals surface area contributed by atoms with Gasteiger partial charge in [0, 0.05) is 32.7 Å². The molecular formula is C26H32F3N3O3. The van der Waals surface area contributed by atoms with Gasteiger partial charge in [-0.1, -0.05) is 38.1 Å². The quantitative estimate of drug-likeness (QED) is 0.450. The lowest BCUT2D eigenvalue weighted by molar-refractivity contribution is -0.153. The van der Waals surface area contributed by atoms with Gasteiger partial charge >= 0.3 is 6.18 Å². The molecule has 0 spiro atoms. The molecule has 3 amide bonds. The third-order valence-corrected chi connectivity index (χ3v) is 7.20. The summed E-state index contributed by atoms with van der Waals surface area (Å²) < 4.78 is 38.4. The summed E-state index contributed by atoms with van der Waals surface area (Å²) in [6.45, 7) is 6.46. The Morgan fingerprint density at radius 1 is 0.943 bits per heavy atom. The molecular weight excluding hydrogens is 459 g/mol. The molecule has 3 unspecified atom stereocenters. The third kappa shape index (κ3) is 5.44. The number of hydrogen-bond acceptors (Lipinski definition) is 4. The number of likely N-dealkylation sites (tertiary alicyclic amines) is 1. The average molecular weight is 492 g/mol. The second-order valence-electron chi connectivity index (χ2n) is 10.1. The number of amides is 3. The zero-order chi connectivity index (χ0) is 25.3. The molecule has 190 valence electrons. The summed E-state index contributed by atoms with van der Waals surface area (Å²) >= 11 is 0. The van der Waals surface area contributed by atoms with Crippen molar-refractivity contribution in [3.8, 4) is 0 Å². The van der Waals surface area contributed by atoms with Gasteiger partial charge in [0.2, 0.25) is 17.7 Å².